The minimum Gasteiger partial charge on any atom is -0.361 e. The lowest BCUT2D eigenvalue weighted by molar-refractivity contribution is 0.251. The van der Waals surface area contributed by atoms with Crippen LogP contribution in [0.15, 0.2) is 35.1 Å². The third-order valence-corrected chi connectivity index (χ3v) is 3.60. The van der Waals surface area contributed by atoms with Crippen molar-refractivity contribution in [2.75, 3.05) is 5.32 Å². The Morgan fingerprint density at radius 2 is 2.24 bits per heavy atom. The van der Waals surface area contributed by atoms with Crippen molar-refractivity contribution in [3.05, 3.63) is 53.4 Å². The van der Waals surface area contributed by atoms with Gasteiger partial charge >= 0.3 is 6.03 Å². The predicted octanol–water partition coefficient (Wildman–Crippen LogP) is 2.59. The first kappa shape index (κ1) is 16.6. The fourth-order valence-electron chi connectivity index (χ4n) is 2.32. The van der Waals surface area contributed by atoms with Crippen LogP contribution in [-0.4, -0.2) is 26.0 Å². The van der Waals surface area contributed by atoms with Gasteiger partial charge in [0.05, 0.1) is 5.69 Å². The van der Waals surface area contributed by atoms with Crippen molar-refractivity contribution in [1.82, 2.24) is 25.2 Å². The monoisotopic (exact) mass is 344 g/mol. The number of carbonyl (C=O) groups excluding carboxylic acids is 1. The van der Waals surface area contributed by atoms with E-state index in [1.165, 1.54) is 29.2 Å². The number of aryl methyl sites for hydroxylation is 2. The number of hydrogen-bond donors (Lipinski definition) is 2. The number of rotatable bonds is 5. The van der Waals surface area contributed by atoms with Gasteiger partial charge in [-0.2, -0.15) is 0 Å². The minimum absolute atomic E-state index is 0.0589. The second-order valence-corrected chi connectivity index (χ2v) is 5.29. The molecule has 3 aromatic rings. The highest BCUT2D eigenvalue weighted by Gasteiger charge is 2.13. The zero-order valence-corrected chi connectivity index (χ0v) is 13.8. The number of pyridine rings is 1. The summed E-state index contributed by atoms with van der Waals surface area (Å²) in [4.78, 5) is 15.9. The molecule has 0 spiro atoms. The summed E-state index contributed by atoms with van der Waals surface area (Å²) >= 11 is 0. The second kappa shape index (κ2) is 7.12. The van der Waals surface area contributed by atoms with Crippen molar-refractivity contribution < 1.29 is 13.7 Å². The third kappa shape index (κ3) is 3.65. The van der Waals surface area contributed by atoms with Crippen LogP contribution in [0, 0.1) is 12.7 Å². The average molecular weight is 344 g/mol. The van der Waals surface area contributed by atoms with E-state index in [0.29, 0.717) is 13.0 Å². The number of carbonyl (C=O) groups is 1. The highest BCUT2D eigenvalue weighted by atomic mass is 19.1. The lowest BCUT2D eigenvalue weighted by Gasteiger charge is -2.06. The summed E-state index contributed by atoms with van der Waals surface area (Å²) in [5, 5.41) is 13.3. The molecule has 2 amide bonds. The molecular weight excluding hydrogens is 327 g/mol. The standard InChI is InChI=1S/C16H17FN6O2/c1-3-13-11(10(2)22-25-13)9-19-16(24)20-14-6-8-23(21-14)15-12(17)5-4-7-18-15/h4-8H,3,9H2,1-2H3,(H2,19,20,21,24). The number of amides is 2. The quantitative estimate of drug-likeness (QED) is 0.741. The van der Waals surface area contributed by atoms with Gasteiger partial charge in [0.15, 0.2) is 17.5 Å². The van der Waals surface area contributed by atoms with E-state index in [1.807, 2.05) is 13.8 Å². The summed E-state index contributed by atoms with van der Waals surface area (Å²) < 4.78 is 20.1. The lowest BCUT2D eigenvalue weighted by Crippen LogP contribution is -2.28. The largest absolute Gasteiger partial charge is 0.361 e. The molecule has 0 aromatic carbocycles. The molecule has 0 saturated heterocycles. The molecule has 3 heterocycles. The molecule has 3 aromatic heterocycles. The maximum absolute atomic E-state index is 13.7. The van der Waals surface area contributed by atoms with Gasteiger partial charge in [0.1, 0.15) is 5.76 Å². The van der Waals surface area contributed by atoms with E-state index in [-0.39, 0.29) is 11.6 Å². The molecule has 0 aliphatic heterocycles. The van der Waals surface area contributed by atoms with Crippen LogP contribution in [0.1, 0.15) is 23.9 Å². The third-order valence-electron chi connectivity index (χ3n) is 3.60. The van der Waals surface area contributed by atoms with Crippen molar-refractivity contribution >= 4 is 11.8 Å². The van der Waals surface area contributed by atoms with Gasteiger partial charge in [-0.3, -0.25) is 5.32 Å². The molecule has 9 heteroatoms. The zero-order valence-electron chi connectivity index (χ0n) is 13.8. The van der Waals surface area contributed by atoms with Gasteiger partial charge < -0.3 is 9.84 Å². The number of anilines is 1. The van der Waals surface area contributed by atoms with E-state index < -0.39 is 11.8 Å². The summed E-state index contributed by atoms with van der Waals surface area (Å²) in [6, 6.07) is 3.90. The molecule has 130 valence electrons. The number of urea groups is 1. The van der Waals surface area contributed by atoms with Crippen LogP contribution in [-0.2, 0) is 13.0 Å². The number of halogens is 1. The molecule has 0 aliphatic carbocycles. The Labute approximate surface area is 143 Å². The first-order valence-electron chi connectivity index (χ1n) is 7.74. The Morgan fingerprint density at radius 1 is 1.40 bits per heavy atom. The number of aromatic nitrogens is 4. The zero-order chi connectivity index (χ0) is 17.8. The lowest BCUT2D eigenvalue weighted by atomic mass is 10.1. The molecule has 2 N–H and O–H groups in total. The Morgan fingerprint density at radius 3 is 3.00 bits per heavy atom. The first-order chi connectivity index (χ1) is 12.1. The maximum atomic E-state index is 13.7. The van der Waals surface area contributed by atoms with Gasteiger partial charge in [-0.05, 0) is 19.1 Å². The normalized spacial score (nSPS) is 10.7. The summed E-state index contributed by atoms with van der Waals surface area (Å²) in [7, 11) is 0. The van der Waals surface area contributed by atoms with E-state index in [9.17, 15) is 9.18 Å². The molecule has 0 aliphatic rings. The van der Waals surface area contributed by atoms with Crippen molar-refractivity contribution in [3.63, 3.8) is 0 Å². The van der Waals surface area contributed by atoms with E-state index in [4.69, 9.17) is 4.52 Å². The van der Waals surface area contributed by atoms with Gasteiger partial charge in [-0.15, -0.1) is 5.10 Å². The molecular formula is C16H17FN6O2. The van der Waals surface area contributed by atoms with Crippen LogP contribution in [0.4, 0.5) is 15.0 Å². The van der Waals surface area contributed by atoms with Crippen molar-refractivity contribution in [1.29, 1.82) is 0 Å². The summed E-state index contributed by atoms with van der Waals surface area (Å²) in [5.74, 6) is 0.577. The molecule has 0 atom stereocenters. The predicted molar refractivity (Wildman–Crippen MR) is 87.8 cm³/mol. The maximum Gasteiger partial charge on any atom is 0.320 e. The smallest absolute Gasteiger partial charge is 0.320 e. The Bertz CT molecular complexity index is 888. The van der Waals surface area contributed by atoms with Crippen molar-refractivity contribution in [3.8, 4) is 5.82 Å². The summed E-state index contributed by atoms with van der Waals surface area (Å²) in [5.41, 5.74) is 1.60. The topological polar surface area (TPSA) is 97.9 Å². The van der Waals surface area contributed by atoms with Gasteiger partial charge in [-0.1, -0.05) is 12.1 Å². The van der Waals surface area contributed by atoms with E-state index in [1.54, 1.807) is 6.07 Å². The van der Waals surface area contributed by atoms with Crippen LogP contribution in [0.25, 0.3) is 5.82 Å². The molecule has 0 bridgehead atoms. The molecule has 3 rings (SSSR count). The Hall–Kier alpha value is -3.23. The van der Waals surface area contributed by atoms with E-state index in [2.05, 4.69) is 25.9 Å². The highest BCUT2D eigenvalue weighted by molar-refractivity contribution is 5.88. The van der Waals surface area contributed by atoms with Crippen LogP contribution in [0.5, 0.6) is 0 Å². The molecule has 0 saturated carbocycles. The van der Waals surface area contributed by atoms with Gasteiger partial charge in [0, 0.05) is 37.0 Å². The van der Waals surface area contributed by atoms with Gasteiger partial charge in [-0.25, -0.2) is 18.9 Å². The fourth-order valence-corrected chi connectivity index (χ4v) is 2.32. The van der Waals surface area contributed by atoms with Crippen LogP contribution in [0.2, 0.25) is 0 Å². The average Bonchev–Trinajstić information content (AvgIpc) is 3.20. The van der Waals surface area contributed by atoms with Crippen LogP contribution < -0.4 is 10.6 Å². The molecule has 0 fully saturated rings. The Balaban J connectivity index is 1.62. The van der Waals surface area contributed by atoms with E-state index in [0.717, 1.165) is 17.0 Å². The second-order valence-electron chi connectivity index (χ2n) is 5.29. The van der Waals surface area contributed by atoms with Gasteiger partial charge in [0.25, 0.3) is 0 Å². The number of hydrogen-bond acceptors (Lipinski definition) is 5. The van der Waals surface area contributed by atoms with Gasteiger partial charge in [0.2, 0.25) is 0 Å². The molecule has 0 unspecified atom stereocenters. The fraction of sp³-hybridized carbons (Fsp3) is 0.250. The minimum atomic E-state index is -0.503. The number of nitrogens with one attached hydrogen (secondary N) is 2. The summed E-state index contributed by atoms with van der Waals surface area (Å²) in [6.07, 6.45) is 3.67. The van der Waals surface area contributed by atoms with Crippen molar-refractivity contribution in [2.45, 2.75) is 26.8 Å². The van der Waals surface area contributed by atoms with Crippen molar-refractivity contribution in [2.24, 2.45) is 0 Å². The highest BCUT2D eigenvalue weighted by Crippen LogP contribution is 2.14. The molecule has 8 nitrogen and oxygen atoms in total. The van der Waals surface area contributed by atoms with Crippen LogP contribution >= 0.6 is 0 Å². The molecule has 25 heavy (non-hydrogen) atoms. The summed E-state index contributed by atoms with van der Waals surface area (Å²) in [6.45, 7) is 4.06. The Kier molecular flexibility index (Phi) is 4.73. The molecule has 0 radical (unpaired) electrons. The van der Waals surface area contributed by atoms with E-state index >= 15 is 0 Å². The van der Waals surface area contributed by atoms with Crippen LogP contribution in [0.3, 0.4) is 0 Å². The SMILES string of the molecule is CCc1onc(C)c1CNC(=O)Nc1ccn(-c2ncccc2F)n1. The first-order valence-corrected chi connectivity index (χ1v) is 7.74. The number of nitrogens with zero attached hydrogens (tertiary/aromatic N) is 4.